The summed E-state index contributed by atoms with van der Waals surface area (Å²) in [5.74, 6) is 1.24. The summed E-state index contributed by atoms with van der Waals surface area (Å²) in [6, 6.07) is 19.4. The van der Waals surface area contributed by atoms with Crippen LogP contribution in [0.2, 0.25) is 0 Å². The summed E-state index contributed by atoms with van der Waals surface area (Å²) < 4.78 is 11.0. The van der Waals surface area contributed by atoms with E-state index in [9.17, 15) is 4.79 Å². The van der Waals surface area contributed by atoms with Gasteiger partial charge in [0.15, 0.2) is 0 Å². The van der Waals surface area contributed by atoms with Gasteiger partial charge in [-0.15, -0.1) is 0 Å². The van der Waals surface area contributed by atoms with Crippen molar-refractivity contribution in [3.63, 3.8) is 0 Å². The van der Waals surface area contributed by atoms with E-state index in [1.807, 2.05) is 74.5 Å². The summed E-state index contributed by atoms with van der Waals surface area (Å²) in [6.07, 6.45) is 0.140. The molecule has 0 fully saturated rings. The van der Waals surface area contributed by atoms with Gasteiger partial charge in [-0.05, 0) is 54.4 Å². The lowest BCUT2D eigenvalue weighted by Crippen LogP contribution is -2.23. The first kappa shape index (κ1) is 17.8. The monoisotopic (exact) mass is 349 g/mol. The van der Waals surface area contributed by atoms with E-state index in [4.69, 9.17) is 9.47 Å². The van der Waals surface area contributed by atoms with E-state index in [-0.39, 0.29) is 12.0 Å². The highest BCUT2D eigenvalue weighted by molar-refractivity contribution is 6.01. The van der Waals surface area contributed by atoms with Gasteiger partial charge in [0.05, 0.1) is 18.8 Å². The molecule has 1 N–H and O–H groups in total. The number of benzene rings is 3. The Morgan fingerprint density at radius 2 is 1.65 bits per heavy atom. The Bertz CT molecular complexity index is 901. The number of fused-ring (bicyclic) bond motifs is 1. The van der Waals surface area contributed by atoms with E-state index in [1.54, 1.807) is 7.11 Å². The minimum Gasteiger partial charge on any atom is -0.496 e. The molecule has 3 rings (SSSR count). The van der Waals surface area contributed by atoms with Crippen LogP contribution < -0.4 is 14.8 Å². The third kappa shape index (κ3) is 4.14. The first-order valence-corrected chi connectivity index (χ1v) is 8.67. The van der Waals surface area contributed by atoms with Crippen LogP contribution in [0.4, 0.5) is 0 Å². The van der Waals surface area contributed by atoms with Crippen LogP contribution in [0.1, 0.15) is 29.8 Å². The molecule has 4 heteroatoms. The first-order chi connectivity index (χ1) is 12.6. The molecule has 0 heterocycles. The predicted octanol–water partition coefficient (Wildman–Crippen LogP) is 4.57. The zero-order valence-corrected chi connectivity index (χ0v) is 15.3. The fourth-order valence-electron chi connectivity index (χ4n) is 2.80. The number of methoxy groups -OCH3 is 1. The zero-order chi connectivity index (χ0) is 18.5. The number of carbonyl (C=O) groups excluding carboxylic acids is 1. The summed E-state index contributed by atoms with van der Waals surface area (Å²) in [7, 11) is 1.58. The Morgan fingerprint density at radius 1 is 1.00 bits per heavy atom. The van der Waals surface area contributed by atoms with Gasteiger partial charge in [-0.3, -0.25) is 4.79 Å². The molecule has 0 aromatic heterocycles. The van der Waals surface area contributed by atoms with Crippen molar-refractivity contribution in [1.82, 2.24) is 5.32 Å². The van der Waals surface area contributed by atoms with Crippen LogP contribution in [0.3, 0.4) is 0 Å². The number of rotatable bonds is 6. The molecule has 0 saturated heterocycles. The molecular formula is C22H23NO3. The molecule has 0 aliphatic rings. The van der Waals surface area contributed by atoms with Crippen molar-refractivity contribution >= 4 is 16.7 Å². The number of nitrogens with one attached hydrogen (secondary N) is 1. The Morgan fingerprint density at radius 3 is 2.27 bits per heavy atom. The van der Waals surface area contributed by atoms with Crippen LogP contribution in [-0.4, -0.2) is 19.1 Å². The predicted molar refractivity (Wildman–Crippen MR) is 104 cm³/mol. The second-order valence-electron chi connectivity index (χ2n) is 6.39. The van der Waals surface area contributed by atoms with Crippen molar-refractivity contribution in [2.24, 2.45) is 0 Å². The lowest BCUT2D eigenvalue weighted by Gasteiger charge is -2.12. The highest BCUT2D eigenvalue weighted by atomic mass is 16.5. The van der Waals surface area contributed by atoms with Crippen LogP contribution in [-0.2, 0) is 6.54 Å². The maximum Gasteiger partial charge on any atom is 0.255 e. The highest BCUT2D eigenvalue weighted by Gasteiger charge is 2.13. The molecule has 4 nitrogen and oxygen atoms in total. The number of ether oxygens (including phenoxy) is 2. The summed E-state index contributed by atoms with van der Waals surface area (Å²) >= 11 is 0. The average Bonchev–Trinajstić information content (AvgIpc) is 2.65. The van der Waals surface area contributed by atoms with Crippen LogP contribution in [0.15, 0.2) is 60.7 Å². The van der Waals surface area contributed by atoms with E-state index in [0.29, 0.717) is 17.9 Å². The molecule has 0 atom stereocenters. The minimum absolute atomic E-state index is 0.140. The lowest BCUT2D eigenvalue weighted by molar-refractivity contribution is 0.0948. The maximum absolute atomic E-state index is 12.6. The van der Waals surface area contributed by atoms with Crippen LogP contribution >= 0.6 is 0 Å². The first-order valence-electron chi connectivity index (χ1n) is 8.67. The fraction of sp³-hybridized carbons (Fsp3) is 0.227. The van der Waals surface area contributed by atoms with Crippen LogP contribution in [0.5, 0.6) is 11.5 Å². The zero-order valence-electron chi connectivity index (χ0n) is 15.3. The summed E-state index contributed by atoms with van der Waals surface area (Å²) in [6.45, 7) is 4.42. The van der Waals surface area contributed by atoms with Gasteiger partial charge in [-0.25, -0.2) is 0 Å². The van der Waals surface area contributed by atoms with Gasteiger partial charge in [0.1, 0.15) is 11.5 Å². The normalized spacial score (nSPS) is 10.8. The average molecular weight is 349 g/mol. The van der Waals surface area contributed by atoms with E-state index in [1.165, 1.54) is 0 Å². The Hall–Kier alpha value is -3.01. The van der Waals surface area contributed by atoms with E-state index >= 15 is 0 Å². The molecular weight excluding hydrogens is 326 g/mol. The fourth-order valence-corrected chi connectivity index (χ4v) is 2.80. The number of carbonyl (C=O) groups is 1. The van der Waals surface area contributed by atoms with E-state index < -0.39 is 0 Å². The van der Waals surface area contributed by atoms with Gasteiger partial charge >= 0.3 is 0 Å². The van der Waals surface area contributed by atoms with Gasteiger partial charge in [-0.1, -0.05) is 36.4 Å². The third-order valence-electron chi connectivity index (χ3n) is 4.06. The molecule has 0 aliphatic carbocycles. The standard InChI is InChI=1S/C22H23NO3/c1-15(2)26-19-10-8-16(9-11-19)14-23-22(24)20-12-17-6-4-5-7-18(17)13-21(20)25-3/h4-13,15H,14H2,1-3H3,(H,23,24). The summed E-state index contributed by atoms with van der Waals surface area (Å²) in [5.41, 5.74) is 1.54. The largest absolute Gasteiger partial charge is 0.496 e. The molecule has 0 bridgehead atoms. The minimum atomic E-state index is -0.157. The Balaban J connectivity index is 1.72. The van der Waals surface area contributed by atoms with Crippen molar-refractivity contribution < 1.29 is 14.3 Å². The van der Waals surface area contributed by atoms with Crippen molar-refractivity contribution in [2.45, 2.75) is 26.5 Å². The molecule has 0 radical (unpaired) electrons. The lowest BCUT2D eigenvalue weighted by atomic mass is 10.1. The molecule has 1 amide bonds. The van der Waals surface area contributed by atoms with Gasteiger partial charge in [0.2, 0.25) is 0 Å². The van der Waals surface area contributed by atoms with Crippen molar-refractivity contribution in [1.29, 1.82) is 0 Å². The number of hydrogen-bond donors (Lipinski definition) is 1. The second kappa shape index (κ2) is 7.91. The molecule has 0 unspecified atom stereocenters. The Kier molecular flexibility index (Phi) is 5.42. The maximum atomic E-state index is 12.6. The van der Waals surface area contributed by atoms with E-state index in [2.05, 4.69) is 5.32 Å². The van der Waals surface area contributed by atoms with Gasteiger partial charge in [0.25, 0.3) is 5.91 Å². The van der Waals surface area contributed by atoms with Gasteiger partial charge < -0.3 is 14.8 Å². The van der Waals surface area contributed by atoms with Crippen molar-refractivity contribution in [3.05, 3.63) is 71.8 Å². The quantitative estimate of drug-likeness (QED) is 0.709. The molecule has 3 aromatic carbocycles. The van der Waals surface area contributed by atoms with Gasteiger partial charge in [0, 0.05) is 6.54 Å². The molecule has 0 saturated carbocycles. The Labute approximate surface area is 153 Å². The molecule has 0 spiro atoms. The summed E-state index contributed by atoms with van der Waals surface area (Å²) in [4.78, 5) is 12.6. The summed E-state index contributed by atoms with van der Waals surface area (Å²) in [5, 5.41) is 5.01. The number of hydrogen-bond acceptors (Lipinski definition) is 3. The molecule has 26 heavy (non-hydrogen) atoms. The number of amides is 1. The van der Waals surface area contributed by atoms with E-state index in [0.717, 1.165) is 22.1 Å². The van der Waals surface area contributed by atoms with Gasteiger partial charge in [-0.2, -0.15) is 0 Å². The molecule has 0 aliphatic heterocycles. The van der Waals surface area contributed by atoms with Crippen molar-refractivity contribution in [2.75, 3.05) is 7.11 Å². The van der Waals surface area contributed by atoms with Crippen LogP contribution in [0, 0.1) is 0 Å². The van der Waals surface area contributed by atoms with Crippen LogP contribution in [0.25, 0.3) is 10.8 Å². The molecule has 3 aromatic rings. The smallest absolute Gasteiger partial charge is 0.255 e. The molecule has 134 valence electrons. The highest BCUT2D eigenvalue weighted by Crippen LogP contribution is 2.26. The third-order valence-corrected chi connectivity index (χ3v) is 4.06. The van der Waals surface area contributed by atoms with Crippen molar-refractivity contribution in [3.8, 4) is 11.5 Å². The topological polar surface area (TPSA) is 47.6 Å². The SMILES string of the molecule is COc1cc2ccccc2cc1C(=O)NCc1ccc(OC(C)C)cc1. The second-order valence-corrected chi connectivity index (χ2v) is 6.39.